The normalized spacial score (nSPS) is 10.5. The van der Waals surface area contributed by atoms with Crippen LogP contribution in [0, 0.1) is 0 Å². The molecule has 2 amide bonds. The van der Waals surface area contributed by atoms with Crippen LogP contribution in [0.2, 0.25) is 0 Å². The summed E-state index contributed by atoms with van der Waals surface area (Å²) in [5.74, 6) is -1.49. The van der Waals surface area contributed by atoms with Crippen molar-refractivity contribution in [2.75, 3.05) is 11.9 Å². The van der Waals surface area contributed by atoms with E-state index >= 15 is 0 Å². The van der Waals surface area contributed by atoms with Crippen LogP contribution in [0.15, 0.2) is 58.1 Å². The molecule has 0 heterocycles. The van der Waals surface area contributed by atoms with Gasteiger partial charge in [0.25, 0.3) is 0 Å². The second kappa shape index (κ2) is 9.58. The number of hydrazone groups is 1. The average Bonchev–Trinajstić information content (AvgIpc) is 2.62. The number of nitrogens with zero attached hydrogens (tertiary/aromatic N) is 1. The van der Waals surface area contributed by atoms with Crippen molar-refractivity contribution < 1.29 is 9.59 Å². The van der Waals surface area contributed by atoms with Gasteiger partial charge in [-0.1, -0.05) is 41.1 Å². The van der Waals surface area contributed by atoms with Crippen LogP contribution in [-0.2, 0) is 9.59 Å². The van der Waals surface area contributed by atoms with Gasteiger partial charge in [0.05, 0.1) is 6.21 Å². The van der Waals surface area contributed by atoms with E-state index in [1.807, 2.05) is 55.5 Å². The fourth-order valence-electron chi connectivity index (χ4n) is 1.96. The molecule has 0 saturated heterocycles. The van der Waals surface area contributed by atoms with E-state index in [1.54, 1.807) is 0 Å². The van der Waals surface area contributed by atoms with Gasteiger partial charge >= 0.3 is 11.8 Å². The quantitative estimate of drug-likeness (QED) is 0.394. The third-order valence-corrected chi connectivity index (χ3v) is 3.67. The number of para-hydroxylation sites is 1. The monoisotopic (exact) mass is 402 g/mol. The fraction of sp³-hybridized carbons (Fsp3) is 0.167. The average molecular weight is 403 g/mol. The molecule has 130 valence electrons. The molecule has 0 atom stereocenters. The Morgan fingerprint density at radius 1 is 1.12 bits per heavy atom. The molecule has 7 heteroatoms. The standard InChI is InChI=1S/C18H19BrN4O2/c1-2-10-20-17(24)18(25)23-21-12-13-11-14(19)8-9-16(13)22-15-6-4-3-5-7-15/h3-9,11-12,22H,2,10H2,1H3,(H,20,24)(H,23,25)/b21-12-. The highest BCUT2D eigenvalue weighted by molar-refractivity contribution is 9.10. The van der Waals surface area contributed by atoms with Crippen LogP contribution < -0.4 is 16.1 Å². The van der Waals surface area contributed by atoms with Crippen molar-refractivity contribution in [3.63, 3.8) is 0 Å². The molecule has 0 unspecified atom stereocenters. The molecule has 2 aromatic carbocycles. The molecular weight excluding hydrogens is 384 g/mol. The summed E-state index contributed by atoms with van der Waals surface area (Å²) in [7, 11) is 0. The number of halogens is 1. The number of amides is 2. The van der Waals surface area contributed by atoms with Crippen LogP contribution in [0.1, 0.15) is 18.9 Å². The number of nitrogens with one attached hydrogen (secondary N) is 3. The van der Waals surface area contributed by atoms with Crippen molar-refractivity contribution in [2.24, 2.45) is 5.10 Å². The van der Waals surface area contributed by atoms with Gasteiger partial charge in [0.15, 0.2) is 0 Å². The topological polar surface area (TPSA) is 82.6 Å². The number of anilines is 2. The summed E-state index contributed by atoms with van der Waals surface area (Å²) in [4.78, 5) is 23.1. The SMILES string of the molecule is CCCNC(=O)C(=O)N/N=C\c1cc(Br)ccc1Nc1ccccc1. The van der Waals surface area contributed by atoms with Crippen molar-refractivity contribution in [3.8, 4) is 0 Å². The van der Waals surface area contributed by atoms with Gasteiger partial charge in [-0.3, -0.25) is 9.59 Å². The van der Waals surface area contributed by atoms with Crippen molar-refractivity contribution >= 4 is 45.3 Å². The van der Waals surface area contributed by atoms with E-state index in [1.165, 1.54) is 6.21 Å². The van der Waals surface area contributed by atoms with Crippen LogP contribution in [0.5, 0.6) is 0 Å². The zero-order chi connectivity index (χ0) is 18.1. The van der Waals surface area contributed by atoms with E-state index in [2.05, 4.69) is 37.1 Å². The van der Waals surface area contributed by atoms with Gasteiger partial charge in [-0.05, 0) is 36.8 Å². The molecular formula is C18H19BrN4O2. The first-order valence-electron chi connectivity index (χ1n) is 7.83. The smallest absolute Gasteiger partial charge is 0.329 e. The first-order valence-corrected chi connectivity index (χ1v) is 8.62. The highest BCUT2D eigenvalue weighted by atomic mass is 79.9. The Bertz CT molecular complexity index is 763. The number of carbonyl (C=O) groups is 2. The van der Waals surface area contributed by atoms with Crippen molar-refractivity contribution in [1.29, 1.82) is 0 Å². The number of hydrogen-bond acceptors (Lipinski definition) is 4. The largest absolute Gasteiger partial charge is 0.355 e. The molecule has 2 aromatic rings. The van der Waals surface area contributed by atoms with E-state index in [-0.39, 0.29) is 0 Å². The molecule has 0 aromatic heterocycles. The summed E-state index contributed by atoms with van der Waals surface area (Å²) in [6, 6.07) is 15.4. The van der Waals surface area contributed by atoms with Crippen LogP contribution in [-0.4, -0.2) is 24.6 Å². The molecule has 0 saturated carbocycles. The second-order valence-electron chi connectivity index (χ2n) is 5.18. The maximum atomic E-state index is 11.6. The summed E-state index contributed by atoms with van der Waals surface area (Å²) < 4.78 is 0.875. The molecule has 0 spiro atoms. The Morgan fingerprint density at radius 2 is 1.88 bits per heavy atom. The zero-order valence-electron chi connectivity index (χ0n) is 13.8. The maximum absolute atomic E-state index is 11.6. The molecule has 3 N–H and O–H groups in total. The highest BCUT2D eigenvalue weighted by Gasteiger charge is 2.11. The lowest BCUT2D eigenvalue weighted by atomic mass is 10.2. The predicted octanol–water partition coefficient (Wildman–Crippen LogP) is 3.17. The Hall–Kier alpha value is -2.67. The lowest BCUT2D eigenvalue weighted by Crippen LogP contribution is -2.38. The van der Waals surface area contributed by atoms with E-state index in [4.69, 9.17) is 0 Å². The van der Waals surface area contributed by atoms with E-state index in [9.17, 15) is 9.59 Å². The number of rotatable bonds is 6. The fourth-order valence-corrected chi connectivity index (χ4v) is 2.34. The summed E-state index contributed by atoms with van der Waals surface area (Å²) in [6.07, 6.45) is 2.25. The van der Waals surface area contributed by atoms with Gasteiger partial charge < -0.3 is 10.6 Å². The van der Waals surface area contributed by atoms with Gasteiger partial charge in [-0.15, -0.1) is 0 Å². The van der Waals surface area contributed by atoms with Gasteiger partial charge in [0.1, 0.15) is 0 Å². The van der Waals surface area contributed by atoms with Crippen LogP contribution in [0.3, 0.4) is 0 Å². The van der Waals surface area contributed by atoms with E-state index < -0.39 is 11.8 Å². The Morgan fingerprint density at radius 3 is 2.60 bits per heavy atom. The minimum Gasteiger partial charge on any atom is -0.355 e. The minimum atomic E-state index is -0.794. The maximum Gasteiger partial charge on any atom is 0.329 e. The first-order chi connectivity index (χ1) is 12.1. The summed E-state index contributed by atoms with van der Waals surface area (Å²) in [5.41, 5.74) is 4.74. The molecule has 0 aliphatic carbocycles. The van der Waals surface area contributed by atoms with E-state index in [0.717, 1.165) is 27.8 Å². The molecule has 25 heavy (non-hydrogen) atoms. The minimum absolute atomic E-state index is 0.451. The number of benzene rings is 2. The van der Waals surface area contributed by atoms with Crippen LogP contribution in [0.25, 0.3) is 0 Å². The number of carbonyl (C=O) groups excluding carboxylic acids is 2. The van der Waals surface area contributed by atoms with Gasteiger partial charge in [-0.2, -0.15) is 5.10 Å². The molecule has 2 rings (SSSR count). The zero-order valence-corrected chi connectivity index (χ0v) is 15.3. The highest BCUT2D eigenvalue weighted by Crippen LogP contribution is 2.23. The summed E-state index contributed by atoms with van der Waals surface area (Å²) in [6.45, 7) is 2.36. The van der Waals surface area contributed by atoms with Crippen molar-refractivity contribution in [1.82, 2.24) is 10.7 Å². The predicted molar refractivity (Wildman–Crippen MR) is 103 cm³/mol. The van der Waals surface area contributed by atoms with Crippen LogP contribution >= 0.6 is 15.9 Å². The lowest BCUT2D eigenvalue weighted by Gasteiger charge is -2.10. The molecule has 0 bridgehead atoms. The van der Waals surface area contributed by atoms with Crippen molar-refractivity contribution in [2.45, 2.75) is 13.3 Å². The molecule has 6 nitrogen and oxygen atoms in total. The van der Waals surface area contributed by atoms with Crippen LogP contribution in [0.4, 0.5) is 11.4 Å². The van der Waals surface area contributed by atoms with Crippen molar-refractivity contribution in [3.05, 3.63) is 58.6 Å². The second-order valence-corrected chi connectivity index (χ2v) is 6.09. The third-order valence-electron chi connectivity index (χ3n) is 3.18. The van der Waals surface area contributed by atoms with Gasteiger partial charge in [0.2, 0.25) is 0 Å². The van der Waals surface area contributed by atoms with Gasteiger partial charge in [-0.25, -0.2) is 5.43 Å². The lowest BCUT2D eigenvalue weighted by molar-refractivity contribution is -0.139. The first kappa shape index (κ1) is 18.7. The summed E-state index contributed by atoms with van der Waals surface area (Å²) in [5, 5.41) is 9.64. The molecule has 0 fully saturated rings. The molecule has 0 radical (unpaired) electrons. The Kier molecular flexibility index (Phi) is 7.16. The Labute approximate surface area is 154 Å². The molecule has 0 aliphatic heterocycles. The molecule has 0 aliphatic rings. The summed E-state index contributed by atoms with van der Waals surface area (Å²) >= 11 is 3.41. The van der Waals surface area contributed by atoms with E-state index in [0.29, 0.717) is 6.54 Å². The third kappa shape index (κ3) is 6.04. The number of hydrogen-bond donors (Lipinski definition) is 3. The van der Waals surface area contributed by atoms with Gasteiger partial charge in [0, 0.05) is 28.0 Å². The Balaban J connectivity index is 2.06.